The number of hydrogen-bond donors (Lipinski definition) is 1. The zero-order chi connectivity index (χ0) is 20.5. The van der Waals surface area contributed by atoms with Crippen LogP contribution in [0.5, 0.6) is 0 Å². The van der Waals surface area contributed by atoms with Crippen molar-refractivity contribution in [1.82, 2.24) is 25.0 Å². The van der Waals surface area contributed by atoms with E-state index >= 15 is 0 Å². The molecule has 1 atom stereocenters. The second kappa shape index (κ2) is 7.34. The largest absolute Gasteiger partial charge is 0.459 e. The summed E-state index contributed by atoms with van der Waals surface area (Å²) in [6, 6.07) is 8.15. The third-order valence-corrected chi connectivity index (χ3v) is 4.59. The first-order valence-electron chi connectivity index (χ1n) is 9.17. The zero-order valence-corrected chi connectivity index (χ0v) is 16.2. The average Bonchev–Trinajstić information content (AvgIpc) is 3.41. The van der Waals surface area contributed by atoms with Crippen molar-refractivity contribution in [3.05, 3.63) is 64.3 Å². The lowest BCUT2D eigenvalue weighted by molar-refractivity contribution is 0.0904. The highest BCUT2D eigenvalue weighted by Crippen LogP contribution is 2.22. The van der Waals surface area contributed by atoms with E-state index in [2.05, 4.69) is 20.4 Å². The number of nitrogens with one attached hydrogen (secondary N) is 1. The first-order chi connectivity index (χ1) is 14.0. The first-order valence-corrected chi connectivity index (χ1v) is 9.17. The summed E-state index contributed by atoms with van der Waals surface area (Å²) in [5, 5.41) is 6.75. The summed E-state index contributed by atoms with van der Waals surface area (Å²) in [5.74, 6) is 0.470. The number of amides is 1. The van der Waals surface area contributed by atoms with E-state index in [0.717, 1.165) is 5.52 Å². The average molecular weight is 393 g/mol. The Balaban J connectivity index is 1.62. The quantitative estimate of drug-likeness (QED) is 0.554. The Morgan fingerprint density at radius 1 is 1.28 bits per heavy atom. The van der Waals surface area contributed by atoms with E-state index in [1.54, 1.807) is 30.5 Å². The second-order valence-electron chi connectivity index (χ2n) is 6.58. The van der Waals surface area contributed by atoms with Gasteiger partial charge in [-0.3, -0.25) is 9.59 Å². The fourth-order valence-corrected chi connectivity index (χ4v) is 3.09. The molecular formula is C20H19N5O4. The van der Waals surface area contributed by atoms with Gasteiger partial charge in [-0.25, -0.2) is 4.98 Å². The molecule has 0 aliphatic heterocycles. The van der Waals surface area contributed by atoms with Crippen LogP contribution in [0, 0.1) is 6.92 Å². The van der Waals surface area contributed by atoms with Crippen molar-refractivity contribution in [2.75, 3.05) is 0 Å². The molecule has 4 rings (SSSR count). The zero-order valence-electron chi connectivity index (χ0n) is 16.2. The molecule has 9 heteroatoms. The molecule has 0 aliphatic rings. The van der Waals surface area contributed by atoms with Crippen LogP contribution in [0.15, 0.2) is 50.3 Å². The lowest BCUT2D eigenvalue weighted by Crippen LogP contribution is -2.26. The lowest BCUT2D eigenvalue weighted by Gasteiger charge is -2.09. The molecule has 3 heterocycles. The molecule has 1 N–H and O–H groups in total. The number of nitrogens with zero attached hydrogens (tertiary/aromatic N) is 4. The maximum Gasteiger partial charge on any atom is 0.287 e. The fourth-order valence-electron chi connectivity index (χ4n) is 3.09. The van der Waals surface area contributed by atoms with Crippen LogP contribution in [0.2, 0.25) is 0 Å². The van der Waals surface area contributed by atoms with Gasteiger partial charge in [0.1, 0.15) is 11.7 Å². The molecule has 0 fully saturated rings. The van der Waals surface area contributed by atoms with E-state index < -0.39 is 6.04 Å². The highest BCUT2D eigenvalue weighted by molar-refractivity contribution is 5.91. The molecule has 0 aliphatic carbocycles. The van der Waals surface area contributed by atoms with Gasteiger partial charge in [-0.1, -0.05) is 5.16 Å². The number of furan rings is 1. The van der Waals surface area contributed by atoms with Gasteiger partial charge in [-0.2, -0.15) is 4.98 Å². The molecule has 0 radical (unpaired) electrons. The van der Waals surface area contributed by atoms with Crippen LogP contribution in [0.1, 0.15) is 42.0 Å². The number of carbonyl (C=O) groups is 1. The van der Waals surface area contributed by atoms with Gasteiger partial charge < -0.3 is 18.8 Å². The minimum absolute atomic E-state index is 0.101. The molecule has 148 valence electrons. The third-order valence-electron chi connectivity index (χ3n) is 4.59. The smallest absolute Gasteiger partial charge is 0.287 e. The first kappa shape index (κ1) is 18.6. The maximum absolute atomic E-state index is 12.2. The van der Waals surface area contributed by atoms with E-state index in [0.29, 0.717) is 29.1 Å². The minimum Gasteiger partial charge on any atom is -0.459 e. The Kier molecular flexibility index (Phi) is 4.71. The van der Waals surface area contributed by atoms with Gasteiger partial charge >= 0.3 is 0 Å². The number of benzene rings is 1. The monoisotopic (exact) mass is 393 g/mol. The van der Waals surface area contributed by atoms with Crippen LogP contribution in [-0.2, 0) is 6.54 Å². The second-order valence-corrected chi connectivity index (χ2v) is 6.58. The Hall–Kier alpha value is -3.75. The molecule has 29 heavy (non-hydrogen) atoms. The molecule has 4 aromatic rings. The summed E-state index contributed by atoms with van der Waals surface area (Å²) in [4.78, 5) is 33.1. The van der Waals surface area contributed by atoms with Crippen molar-refractivity contribution >= 4 is 16.9 Å². The Morgan fingerprint density at radius 3 is 2.83 bits per heavy atom. The molecule has 1 aromatic carbocycles. The van der Waals surface area contributed by atoms with Gasteiger partial charge in [0.25, 0.3) is 11.5 Å². The predicted octanol–water partition coefficient (Wildman–Crippen LogP) is 2.86. The number of hydrogen-bond acceptors (Lipinski definition) is 7. The molecule has 0 saturated heterocycles. The molecule has 0 unspecified atom stereocenters. The highest BCUT2D eigenvalue weighted by Gasteiger charge is 2.20. The lowest BCUT2D eigenvalue weighted by atomic mass is 10.1. The molecule has 1 amide bonds. The van der Waals surface area contributed by atoms with Crippen LogP contribution >= 0.6 is 0 Å². The molecule has 0 bridgehead atoms. The summed E-state index contributed by atoms with van der Waals surface area (Å²) < 4.78 is 12.1. The Morgan fingerprint density at radius 2 is 2.10 bits per heavy atom. The standard InChI is InChI=1S/C20H19N5O4/c1-4-25-15-8-7-13(10-14(15)21-12(3)20(25)27)17-23-19(29-24-17)11(2)22-18(26)16-6-5-9-28-16/h5-11H,4H2,1-3H3,(H,22,26)/t11-/m0/s1. The third kappa shape index (κ3) is 3.42. The highest BCUT2D eigenvalue weighted by atomic mass is 16.5. The van der Waals surface area contributed by atoms with Crippen molar-refractivity contribution in [1.29, 1.82) is 0 Å². The van der Waals surface area contributed by atoms with Gasteiger partial charge in [0.2, 0.25) is 11.7 Å². The normalized spacial score (nSPS) is 12.2. The van der Waals surface area contributed by atoms with E-state index in [-0.39, 0.29) is 23.1 Å². The van der Waals surface area contributed by atoms with Crippen molar-refractivity contribution < 1.29 is 13.7 Å². The van der Waals surface area contributed by atoms with Crippen LogP contribution < -0.4 is 10.9 Å². The van der Waals surface area contributed by atoms with Crippen molar-refractivity contribution in [3.63, 3.8) is 0 Å². The van der Waals surface area contributed by atoms with Gasteiger partial charge in [-0.05, 0) is 51.1 Å². The van der Waals surface area contributed by atoms with Crippen LogP contribution in [0.3, 0.4) is 0 Å². The molecule has 0 saturated carbocycles. The predicted molar refractivity (Wildman–Crippen MR) is 104 cm³/mol. The topological polar surface area (TPSA) is 116 Å². The van der Waals surface area contributed by atoms with Crippen molar-refractivity contribution in [2.45, 2.75) is 33.4 Å². The van der Waals surface area contributed by atoms with Crippen LogP contribution in [-0.4, -0.2) is 25.6 Å². The van der Waals surface area contributed by atoms with Gasteiger partial charge in [0.15, 0.2) is 5.76 Å². The number of rotatable bonds is 5. The van der Waals surface area contributed by atoms with Gasteiger partial charge in [0.05, 0.1) is 17.3 Å². The number of aromatic nitrogens is 4. The van der Waals surface area contributed by atoms with Crippen LogP contribution in [0.25, 0.3) is 22.4 Å². The maximum atomic E-state index is 12.2. The van der Waals surface area contributed by atoms with Crippen LogP contribution in [0.4, 0.5) is 0 Å². The summed E-state index contributed by atoms with van der Waals surface area (Å²) in [5.41, 5.74) is 2.45. The molecule has 0 spiro atoms. The van der Waals surface area contributed by atoms with E-state index in [1.165, 1.54) is 6.26 Å². The summed E-state index contributed by atoms with van der Waals surface area (Å²) in [6.45, 7) is 5.90. The molecule has 9 nitrogen and oxygen atoms in total. The molecule has 3 aromatic heterocycles. The fraction of sp³-hybridized carbons (Fsp3) is 0.250. The number of aryl methyl sites for hydroxylation is 2. The van der Waals surface area contributed by atoms with E-state index in [4.69, 9.17) is 8.94 Å². The van der Waals surface area contributed by atoms with Gasteiger partial charge in [-0.15, -0.1) is 0 Å². The SMILES string of the molecule is CCn1c(=O)c(C)nc2cc(-c3noc([C@H](C)NC(=O)c4ccco4)n3)ccc21. The minimum atomic E-state index is -0.500. The molecular weight excluding hydrogens is 374 g/mol. The summed E-state index contributed by atoms with van der Waals surface area (Å²) in [7, 11) is 0. The van der Waals surface area contributed by atoms with E-state index in [9.17, 15) is 9.59 Å². The summed E-state index contributed by atoms with van der Waals surface area (Å²) in [6.07, 6.45) is 1.43. The van der Waals surface area contributed by atoms with E-state index in [1.807, 2.05) is 25.1 Å². The van der Waals surface area contributed by atoms with Gasteiger partial charge in [0, 0.05) is 12.1 Å². The van der Waals surface area contributed by atoms with Crippen molar-refractivity contribution in [2.24, 2.45) is 0 Å². The van der Waals surface area contributed by atoms with Crippen molar-refractivity contribution in [3.8, 4) is 11.4 Å². The number of fused-ring (bicyclic) bond motifs is 1. The number of carbonyl (C=O) groups excluding carboxylic acids is 1. The Labute approximate surface area is 165 Å². The Bertz CT molecular complexity index is 1240. The summed E-state index contributed by atoms with van der Waals surface area (Å²) >= 11 is 0.